The second-order valence-electron chi connectivity index (χ2n) is 6.19. The van der Waals surface area contributed by atoms with Crippen LogP contribution in [-0.2, 0) is 9.47 Å². The molecule has 2 aliphatic heterocycles. The first-order chi connectivity index (χ1) is 9.53. The molecule has 0 radical (unpaired) electrons. The lowest BCUT2D eigenvalue weighted by Gasteiger charge is -2.44. The van der Waals surface area contributed by atoms with Gasteiger partial charge < -0.3 is 14.8 Å². The summed E-state index contributed by atoms with van der Waals surface area (Å²) in [4.78, 5) is 14.2. The van der Waals surface area contributed by atoms with Crippen molar-refractivity contribution in [2.75, 3.05) is 26.7 Å². The van der Waals surface area contributed by atoms with Crippen LogP contribution in [0, 0.1) is 0 Å². The molecule has 2 bridgehead atoms. The van der Waals surface area contributed by atoms with Gasteiger partial charge in [-0.1, -0.05) is 0 Å². The van der Waals surface area contributed by atoms with Crippen LogP contribution in [-0.4, -0.2) is 54.9 Å². The zero-order valence-corrected chi connectivity index (χ0v) is 11.3. The summed E-state index contributed by atoms with van der Waals surface area (Å²) in [5, 5.41) is 3.26. The number of piperazine rings is 1. The summed E-state index contributed by atoms with van der Waals surface area (Å²) in [6.45, 7) is 6.68. The smallest absolute Gasteiger partial charge is 0.411 e. The van der Waals surface area contributed by atoms with Crippen LogP contribution in [0.5, 0.6) is 0 Å². The molecule has 0 spiro atoms. The van der Waals surface area contributed by atoms with Crippen molar-refractivity contribution in [3.63, 3.8) is 0 Å². The monoisotopic (exact) mass is 259 g/mol. The minimum absolute atomic E-state index is 0.00770. The first-order valence-corrected chi connectivity index (χ1v) is 6.39. The number of nitrogens with one attached hydrogen (secondary N) is 1. The summed E-state index contributed by atoms with van der Waals surface area (Å²) in [5.41, 5.74) is -1.20. The van der Waals surface area contributed by atoms with Gasteiger partial charge in [0.1, 0.15) is 5.60 Å². The standard InChI is InChI=1S/C13H24N2O3/c1-12(2,3)18-11(16)15-10-5-6-13(15,9-17-4)8-14-7-10/h10,14H,5-9H2,1-4H3/t10-,13+/m0/s1/i4D3. The fraction of sp³-hybridized carbons (Fsp3) is 0.923. The second kappa shape index (κ2) is 4.70. The highest BCUT2D eigenvalue weighted by atomic mass is 16.6. The maximum Gasteiger partial charge on any atom is 0.411 e. The first kappa shape index (κ1) is 10.0. The molecule has 0 aromatic rings. The van der Waals surface area contributed by atoms with E-state index in [-0.39, 0.29) is 18.7 Å². The Bertz CT molecular complexity index is 404. The van der Waals surface area contributed by atoms with Crippen LogP contribution in [0.15, 0.2) is 0 Å². The molecule has 2 saturated heterocycles. The van der Waals surface area contributed by atoms with Crippen LogP contribution in [0.4, 0.5) is 4.79 Å². The average Bonchev–Trinajstić information content (AvgIpc) is 2.52. The Kier molecular flexibility index (Phi) is 2.62. The number of nitrogens with zero attached hydrogens (tertiary/aromatic N) is 1. The lowest BCUT2D eigenvalue weighted by molar-refractivity contribution is -0.0305. The molecule has 0 unspecified atom stereocenters. The summed E-state index contributed by atoms with van der Waals surface area (Å²) >= 11 is 0. The van der Waals surface area contributed by atoms with Crippen LogP contribution in [0.2, 0.25) is 0 Å². The van der Waals surface area contributed by atoms with Crippen LogP contribution < -0.4 is 5.32 Å². The van der Waals surface area contributed by atoms with Crippen molar-refractivity contribution < 1.29 is 18.4 Å². The zero-order valence-electron chi connectivity index (χ0n) is 14.3. The van der Waals surface area contributed by atoms with Gasteiger partial charge in [-0.3, -0.25) is 4.90 Å². The van der Waals surface area contributed by atoms with E-state index < -0.39 is 18.2 Å². The van der Waals surface area contributed by atoms with Crippen molar-refractivity contribution in [3.8, 4) is 0 Å². The lowest BCUT2D eigenvalue weighted by Crippen LogP contribution is -2.64. The SMILES string of the molecule is [2H]C([2H])([2H])OC[C@@]12CC[C@@H](CNC1)N2C(=O)OC(C)(C)C. The second-order valence-corrected chi connectivity index (χ2v) is 6.19. The van der Waals surface area contributed by atoms with Crippen LogP contribution in [0.1, 0.15) is 37.7 Å². The maximum absolute atomic E-state index is 12.5. The molecular weight excluding hydrogens is 232 g/mol. The van der Waals surface area contributed by atoms with Crippen molar-refractivity contribution >= 4 is 6.09 Å². The predicted molar refractivity (Wildman–Crippen MR) is 68.6 cm³/mol. The number of hydrogen-bond donors (Lipinski definition) is 1. The topological polar surface area (TPSA) is 50.8 Å². The minimum Gasteiger partial charge on any atom is -0.444 e. The van der Waals surface area contributed by atoms with E-state index in [0.717, 1.165) is 12.8 Å². The highest BCUT2D eigenvalue weighted by Gasteiger charge is 2.52. The molecule has 0 saturated carbocycles. The average molecular weight is 259 g/mol. The Labute approximate surface area is 113 Å². The van der Waals surface area contributed by atoms with E-state index in [1.165, 1.54) is 0 Å². The number of hydrogen-bond acceptors (Lipinski definition) is 4. The zero-order chi connectivity index (χ0) is 15.9. The third-order valence-electron chi connectivity index (χ3n) is 3.58. The summed E-state index contributed by atoms with van der Waals surface area (Å²) in [5.74, 6) is 0. The van der Waals surface area contributed by atoms with Gasteiger partial charge in [-0.2, -0.15) is 0 Å². The Hall–Kier alpha value is -0.810. The van der Waals surface area contributed by atoms with Crippen LogP contribution >= 0.6 is 0 Å². The number of fused-ring (bicyclic) bond motifs is 2. The van der Waals surface area contributed by atoms with Crippen molar-refractivity contribution in [2.45, 2.75) is 50.8 Å². The highest BCUT2D eigenvalue weighted by Crippen LogP contribution is 2.37. The summed E-state index contributed by atoms with van der Waals surface area (Å²) < 4.78 is 32.1. The Morgan fingerprint density at radius 1 is 1.61 bits per heavy atom. The molecule has 2 heterocycles. The molecule has 0 aromatic heterocycles. The van der Waals surface area contributed by atoms with E-state index >= 15 is 0 Å². The van der Waals surface area contributed by atoms with Gasteiger partial charge in [0.15, 0.2) is 0 Å². The third-order valence-corrected chi connectivity index (χ3v) is 3.58. The van der Waals surface area contributed by atoms with Gasteiger partial charge in [-0.05, 0) is 33.6 Å². The number of methoxy groups -OCH3 is 1. The molecule has 2 atom stereocenters. The number of rotatable bonds is 2. The van der Waals surface area contributed by atoms with E-state index in [2.05, 4.69) is 5.32 Å². The van der Waals surface area contributed by atoms with Gasteiger partial charge in [0, 0.05) is 26.2 Å². The molecule has 1 amide bonds. The Morgan fingerprint density at radius 3 is 3.06 bits per heavy atom. The lowest BCUT2D eigenvalue weighted by atomic mass is 9.97. The number of carbonyl (C=O) groups excluding carboxylic acids is 1. The fourth-order valence-electron chi connectivity index (χ4n) is 2.89. The van der Waals surface area contributed by atoms with E-state index in [1.807, 2.05) is 20.8 Å². The van der Waals surface area contributed by atoms with Crippen molar-refractivity contribution in [3.05, 3.63) is 0 Å². The Balaban J connectivity index is 2.15. The van der Waals surface area contributed by atoms with Crippen molar-refractivity contribution in [1.29, 1.82) is 0 Å². The molecule has 0 aromatic carbocycles. The molecule has 5 nitrogen and oxygen atoms in total. The third kappa shape index (κ3) is 2.47. The van der Waals surface area contributed by atoms with Gasteiger partial charge in [0.05, 0.1) is 16.3 Å². The van der Waals surface area contributed by atoms with E-state index in [4.69, 9.17) is 13.6 Å². The highest BCUT2D eigenvalue weighted by molar-refractivity contribution is 5.70. The van der Waals surface area contributed by atoms with Crippen LogP contribution in [0.3, 0.4) is 0 Å². The van der Waals surface area contributed by atoms with Gasteiger partial charge in [0.25, 0.3) is 0 Å². The molecule has 104 valence electrons. The Morgan fingerprint density at radius 2 is 2.39 bits per heavy atom. The van der Waals surface area contributed by atoms with Gasteiger partial charge in [-0.15, -0.1) is 0 Å². The van der Waals surface area contributed by atoms with Gasteiger partial charge in [-0.25, -0.2) is 4.79 Å². The largest absolute Gasteiger partial charge is 0.444 e. The normalized spacial score (nSPS) is 34.7. The molecule has 5 heteroatoms. The van der Waals surface area contributed by atoms with Crippen molar-refractivity contribution in [1.82, 2.24) is 10.2 Å². The van der Waals surface area contributed by atoms with Gasteiger partial charge in [0.2, 0.25) is 0 Å². The number of amides is 1. The first-order valence-electron chi connectivity index (χ1n) is 7.89. The molecule has 2 aliphatic rings. The predicted octanol–water partition coefficient (Wildman–Crippen LogP) is 1.37. The van der Waals surface area contributed by atoms with E-state index in [9.17, 15) is 4.79 Å². The van der Waals surface area contributed by atoms with E-state index in [1.54, 1.807) is 4.90 Å². The summed E-state index contributed by atoms with van der Waals surface area (Å²) in [6.07, 6.45) is 1.16. The summed E-state index contributed by atoms with van der Waals surface area (Å²) in [7, 11) is -2.45. The summed E-state index contributed by atoms with van der Waals surface area (Å²) in [6, 6.07) is 0.0359. The van der Waals surface area contributed by atoms with Crippen LogP contribution in [0.25, 0.3) is 0 Å². The molecule has 2 rings (SSSR count). The number of carbonyl (C=O) groups is 1. The minimum atomic E-state index is -2.45. The van der Waals surface area contributed by atoms with Crippen molar-refractivity contribution in [2.24, 2.45) is 0 Å². The molecular formula is C13H24N2O3. The quantitative estimate of drug-likeness (QED) is 0.814. The molecule has 18 heavy (non-hydrogen) atoms. The fourth-order valence-corrected chi connectivity index (χ4v) is 2.89. The molecule has 1 N–H and O–H groups in total. The van der Waals surface area contributed by atoms with Gasteiger partial charge >= 0.3 is 6.09 Å². The number of ether oxygens (including phenoxy) is 2. The molecule has 0 aliphatic carbocycles. The maximum atomic E-state index is 12.5. The van der Waals surface area contributed by atoms with E-state index in [0.29, 0.717) is 13.1 Å². The molecule has 2 fully saturated rings.